The zero-order chi connectivity index (χ0) is 14.5. The summed E-state index contributed by atoms with van der Waals surface area (Å²) in [7, 11) is -1.23. The van der Waals surface area contributed by atoms with E-state index >= 15 is 0 Å². The Morgan fingerprint density at radius 3 is 2.80 bits per heavy atom. The molecule has 7 heteroatoms. The lowest BCUT2D eigenvalue weighted by Crippen LogP contribution is -2.30. The highest BCUT2D eigenvalue weighted by Gasteiger charge is 2.22. The van der Waals surface area contributed by atoms with E-state index in [4.69, 9.17) is 10.5 Å². The van der Waals surface area contributed by atoms with Gasteiger partial charge in [-0.3, -0.25) is 9.00 Å². The van der Waals surface area contributed by atoms with Crippen LogP contribution in [-0.2, 0) is 20.3 Å². The van der Waals surface area contributed by atoms with Crippen LogP contribution in [0.25, 0.3) is 0 Å². The Labute approximate surface area is 119 Å². The molecule has 2 rings (SSSR count). The van der Waals surface area contributed by atoms with Crippen LogP contribution in [0.2, 0.25) is 0 Å². The van der Waals surface area contributed by atoms with Crippen LogP contribution in [0.15, 0.2) is 18.2 Å². The Kier molecular flexibility index (Phi) is 5.08. The summed E-state index contributed by atoms with van der Waals surface area (Å²) < 4.78 is 30.1. The monoisotopic (exact) mass is 300 g/mol. The number of nitrogen functional groups attached to an aromatic ring is 1. The van der Waals surface area contributed by atoms with Gasteiger partial charge in [0.2, 0.25) is 5.91 Å². The van der Waals surface area contributed by atoms with Crippen LogP contribution in [-0.4, -0.2) is 34.3 Å². The maximum absolute atomic E-state index is 12.9. The smallest absolute Gasteiger partial charge is 0.237 e. The molecule has 110 valence electrons. The van der Waals surface area contributed by atoms with Gasteiger partial charge >= 0.3 is 0 Å². The Bertz CT molecular complexity index is 518. The van der Waals surface area contributed by atoms with Gasteiger partial charge in [0.25, 0.3) is 0 Å². The summed E-state index contributed by atoms with van der Waals surface area (Å²) in [5, 5.41) is 2.55. The van der Waals surface area contributed by atoms with E-state index in [9.17, 15) is 13.4 Å². The van der Waals surface area contributed by atoms with Crippen molar-refractivity contribution in [1.29, 1.82) is 0 Å². The van der Waals surface area contributed by atoms with Crippen molar-refractivity contribution in [1.82, 2.24) is 0 Å². The number of nitrogens with one attached hydrogen (secondary N) is 1. The molecule has 1 amide bonds. The van der Waals surface area contributed by atoms with E-state index in [0.717, 1.165) is 6.07 Å². The third kappa shape index (κ3) is 4.01. The molecule has 0 bridgehead atoms. The van der Waals surface area contributed by atoms with Gasteiger partial charge in [-0.15, -0.1) is 0 Å². The van der Waals surface area contributed by atoms with Crippen molar-refractivity contribution < 1.29 is 18.1 Å². The third-order valence-corrected chi connectivity index (χ3v) is 4.86. The predicted octanol–water partition coefficient (Wildman–Crippen LogP) is 1.27. The molecular weight excluding hydrogens is 283 g/mol. The van der Waals surface area contributed by atoms with Gasteiger partial charge in [-0.2, -0.15) is 0 Å². The molecule has 1 aliphatic heterocycles. The second-order valence-electron chi connectivity index (χ2n) is 4.62. The number of carbonyl (C=O) groups is 1. The second kappa shape index (κ2) is 6.81. The van der Waals surface area contributed by atoms with Crippen LogP contribution < -0.4 is 11.1 Å². The largest absolute Gasteiger partial charge is 0.397 e. The minimum atomic E-state index is -1.23. The standard InChI is InChI=1S/C13H17FN2O3S/c14-9-1-2-12(11(15)7-9)16-13(17)8-20(18)10-3-5-19-6-4-10/h1-2,7,10H,3-6,8,15H2,(H,16,17). The normalized spacial score (nSPS) is 17.6. The summed E-state index contributed by atoms with van der Waals surface area (Å²) in [4.78, 5) is 11.8. The Morgan fingerprint density at radius 2 is 2.15 bits per heavy atom. The van der Waals surface area contributed by atoms with E-state index in [1.54, 1.807) is 0 Å². The van der Waals surface area contributed by atoms with Gasteiger partial charge in [0.05, 0.1) is 11.4 Å². The number of amides is 1. The SMILES string of the molecule is Nc1cc(F)ccc1NC(=O)CS(=O)C1CCOCC1. The van der Waals surface area contributed by atoms with Gasteiger partial charge in [-0.1, -0.05) is 0 Å². The van der Waals surface area contributed by atoms with Gasteiger partial charge in [0.1, 0.15) is 11.6 Å². The highest BCUT2D eigenvalue weighted by molar-refractivity contribution is 7.86. The van der Waals surface area contributed by atoms with Crippen molar-refractivity contribution in [2.45, 2.75) is 18.1 Å². The number of carbonyl (C=O) groups excluding carboxylic acids is 1. The molecule has 0 aliphatic carbocycles. The molecule has 20 heavy (non-hydrogen) atoms. The minimum Gasteiger partial charge on any atom is -0.397 e. The van der Waals surface area contributed by atoms with Crippen molar-refractivity contribution in [3.8, 4) is 0 Å². The highest BCUT2D eigenvalue weighted by atomic mass is 32.2. The van der Waals surface area contributed by atoms with Gasteiger partial charge < -0.3 is 15.8 Å². The van der Waals surface area contributed by atoms with Crippen molar-refractivity contribution in [3.63, 3.8) is 0 Å². The molecule has 1 aromatic carbocycles. The second-order valence-corrected chi connectivity index (χ2v) is 6.33. The number of nitrogens with two attached hydrogens (primary N) is 1. The Balaban J connectivity index is 1.90. The van der Waals surface area contributed by atoms with Gasteiger partial charge in [0.15, 0.2) is 0 Å². The molecular formula is C13H17FN2O3S. The molecule has 1 fully saturated rings. The fourth-order valence-corrected chi connectivity index (χ4v) is 3.30. The maximum atomic E-state index is 12.9. The van der Waals surface area contributed by atoms with Crippen LogP contribution in [0.3, 0.4) is 0 Å². The van der Waals surface area contributed by atoms with Crippen molar-refractivity contribution >= 4 is 28.1 Å². The zero-order valence-electron chi connectivity index (χ0n) is 10.9. The van der Waals surface area contributed by atoms with Gasteiger partial charge in [-0.25, -0.2) is 4.39 Å². The lowest BCUT2D eigenvalue weighted by molar-refractivity contribution is -0.113. The van der Waals surface area contributed by atoms with Crippen molar-refractivity contribution in [2.75, 3.05) is 30.0 Å². The molecule has 1 unspecified atom stereocenters. The number of hydrogen-bond acceptors (Lipinski definition) is 4. The molecule has 0 aromatic heterocycles. The maximum Gasteiger partial charge on any atom is 0.237 e. The topological polar surface area (TPSA) is 81.4 Å². The molecule has 0 radical (unpaired) electrons. The van der Waals surface area contributed by atoms with E-state index in [1.807, 2.05) is 0 Å². The zero-order valence-corrected chi connectivity index (χ0v) is 11.7. The molecule has 1 atom stereocenters. The molecule has 0 spiro atoms. The Morgan fingerprint density at radius 1 is 1.45 bits per heavy atom. The number of halogens is 1. The number of benzene rings is 1. The summed E-state index contributed by atoms with van der Waals surface area (Å²) in [5.74, 6) is -0.930. The number of anilines is 2. The summed E-state index contributed by atoms with van der Waals surface area (Å²) >= 11 is 0. The molecule has 1 heterocycles. The van der Waals surface area contributed by atoms with Crippen LogP contribution in [0.1, 0.15) is 12.8 Å². The lowest BCUT2D eigenvalue weighted by atomic mass is 10.2. The number of hydrogen-bond donors (Lipinski definition) is 2. The molecule has 5 nitrogen and oxygen atoms in total. The fourth-order valence-electron chi connectivity index (χ4n) is 2.02. The van der Waals surface area contributed by atoms with E-state index in [1.165, 1.54) is 12.1 Å². The first kappa shape index (κ1) is 14.9. The molecule has 3 N–H and O–H groups in total. The van der Waals surface area contributed by atoms with E-state index in [2.05, 4.69) is 5.32 Å². The van der Waals surface area contributed by atoms with Crippen LogP contribution in [0.4, 0.5) is 15.8 Å². The quantitative estimate of drug-likeness (QED) is 0.821. The fraction of sp³-hybridized carbons (Fsp3) is 0.462. The average Bonchev–Trinajstić information content (AvgIpc) is 2.43. The Hall–Kier alpha value is -1.47. The molecule has 0 saturated carbocycles. The van der Waals surface area contributed by atoms with Gasteiger partial charge in [-0.05, 0) is 31.0 Å². The summed E-state index contributed by atoms with van der Waals surface area (Å²) in [6.45, 7) is 1.17. The predicted molar refractivity (Wildman–Crippen MR) is 76.3 cm³/mol. The molecule has 1 aliphatic rings. The summed E-state index contributed by atoms with van der Waals surface area (Å²) in [6, 6.07) is 3.73. The highest BCUT2D eigenvalue weighted by Crippen LogP contribution is 2.19. The van der Waals surface area contributed by atoms with Crippen molar-refractivity contribution in [3.05, 3.63) is 24.0 Å². The van der Waals surface area contributed by atoms with Crippen molar-refractivity contribution in [2.24, 2.45) is 0 Å². The van der Waals surface area contributed by atoms with Gasteiger partial charge in [0, 0.05) is 29.3 Å². The summed E-state index contributed by atoms with van der Waals surface area (Å²) in [6.07, 6.45) is 1.41. The number of ether oxygens (including phenoxy) is 1. The summed E-state index contributed by atoms with van der Waals surface area (Å²) in [5.41, 5.74) is 6.08. The molecule has 1 aromatic rings. The van der Waals surface area contributed by atoms with E-state index < -0.39 is 16.6 Å². The minimum absolute atomic E-state index is 0.0000599. The first-order valence-electron chi connectivity index (χ1n) is 6.36. The average molecular weight is 300 g/mol. The first-order chi connectivity index (χ1) is 9.56. The number of rotatable bonds is 4. The lowest BCUT2D eigenvalue weighted by Gasteiger charge is -2.21. The van der Waals surface area contributed by atoms with Crippen LogP contribution >= 0.6 is 0 Å². The van der Waals surface area contributed by atoms with Crippen LogP contribution in [0.5, 0.6) is 0 Å². The van der Waals surface area contributed by atoms with E-state index in [0.29, 0.717) is 31.7 Å². The first-order valence-corrected chi connectivity index (χ1v) is 7.74. The van der Waals surface area contributed by atoms with Crippen LogP contribution in [0, 0.1) is 5.82 Å². The van der Waals surface area contributed by atoms with E-state index in [-0.39, 0.29) is 22.6 Å². The molecule has 1 saturated heterocycles. The third-order valence-electron chi connectivity index (χ3n) is 3.10.